The molecule has 0 aliphatic carbocycles. The molecule has 4 atom stereocenters. The van der Waals surface area contributed by atoms with Crippen LogP contribution in [0.15, 0.2) is 60.1 Å². The zero-order valence-electron chi connectivity index (χ0n) is 19.4. The van der Waals surface area contributed by atoms with Crippen LogP contribution in [0.1, 0.15) is 13.2 Å². The number of benzene rings is 1. The quantitative estimate of drug-likeness (QED) is 0.329. The van der Waals surface area contributed by atoms with Crippen LogP contribution in [0.4, 0.5) is 5.82 Å². The Morgan fingerprint density at radius 1 is 1.17 bits per heavy atom. The fourth-order valence-electron chi connectivity index (χ4n) is 4.25. The molecule has 3 N–H and O–H groups in total. The Morgan fingerprint density at radius 2 is 2.00 bits per heavy atom. The van der Waals surface area contributed by atoms with E-state index in [1.165, 1.54) is 32.2 Å². The first-order valence-corrected chi connectivity index (χ1v) is 10.9. The fourth-order valence-corrected chi connectivity index (χ4v) is 4.25. The molecule has 0 spiro atoms. The number of nitrogens with zero attached hydrogens (tertiary/aromatic N) is 5. The van der Waals surface area contributed by atoms with Crippen molar-refractivity contribution in [3.8, 4) is 0 Å². The van der Waals surface area contributed by atoms with Gasteiger partial charge in [0.2, 0.25) is 5.49 Å². The number of pyridine rings is 1. The summed E-state index contributed by atoms with van der Waals surface area (Å²) in [7, 11) is 2.93. The van der Waals surface area contributed by atoms with Gasteiger partial charge in [0.15, 0.2) is 12.0 Å². The van der Waals surface area contributed by atoms with Gasteiger partial charge in [-0.3, -0.25) is 4.84 Å². The zero-order valence-corrected chi connectivity index (χ0v) is 19.4. The highest BCUT2D eigenvalue weighted by Crippen LogP contribution is 2.39. The van der Waals surface area contributed by atoms with E-state index in [1.54, 1.807) is 22.9 Å². The van der Waals surface area contributed by atoms with Gasteiger partial charge in [0, 0.05) is 11.6 Å². The summed E-state index contributed by atoms with van der Waals surface area (Å²) in [6, 6.07) is 13.1. The predicted molar refractivity (Wildman–Crippen MR) is 125 cm³/mol. The average molecular weight is 482 g/mol. The monoisotopic (exact) mass is 482 g/mol. The molecule has 4 heterocycles. The van der Waals surface area contributed by atoms with E-state index < -0.39 is 24.0 Å². The Kier molecular flexibility index (Phi) is 6.03. The van der Waals surface area contributed by atoms with Gasteiger partial charge in [-0.25, -0.2) is 15.4 Å². The molecule has 0 bridgehead atoms. The maximum absolute atomic E-state index is 11.2. The molecule has 0 saturated carbocycles. The lowest BCUT2D eigenvalue weighted by molar-refractivity contribution is -0.0954. The number of hydrogen-bond acceptors (Lipinski definition) is 10. The molecule has 184 valence electrons. The predicted octanol–water partition coefficient (Wildman–Crippen LogP) is 0.960. The maximum Gasteiger partial charge on any atom is 0.207 e. The summed E-state index contributed by atoms with van der Waals surface area (Å²) >= 11 is 0. The third kappa shape index (κ3) is 3.96. The number of hydrogen-bond donors (Lipinski definition) is 3. The van der Waals surface area contributed by atoms with E-state index in [4.69, 9.17) is 19.2 Å². The van der Waals surface area contributed by atoms with Gasteiger partial charge in [-0.1, -0.05) is 23.4 Å². The van der Waals surface area contributed by atoms with E-state index in [2.05, 4.69) is 20.6 Å². The number of aromatic nitrogens is 4. The lowest BCUT2D eigenvalue weighted by Gasteiger charge is -2.26. The van der Waals surface area contributed by atoms with Crippen LogP contribution in [-0.4, -0.2) is 68.1 Å². The highest BCUT2D eigenvalue weighted by molar-refractivity contribution is 5.87. The fraction of sp³-hybridized carbons (Fsp3) is 0.348. The molecular formula is C23H26N6O6. The minimum absolute atomic E-state index is 0.0733. The summed E-state index contributed by atoms with van der Waals surface area (Å²) in [5, 5.41) is 27.8. The summed E-state index contributed by atoms with van der Waals surface area (Å²) < 4.78 is 9.29. The van der Waals surface area contributed by atoms with E-state index in [-0.39, 0.29) is 6.61 Å². The number of nitrogens with one attached hydrogen (secondary N) is 1. The Morgan fingerprint density at radius 3 is 2.80 bits per heavy atom. The van der Waals surface area contributed by atoms with Crippen molar-refractivity contribution < 1.29 is 29.5 Å². The molecule has 4 aromatic rings. The summed E-state index contributed by atoms with van der Waals surface area (Å²) in [6.07, 6.45) is 0.0316. The summed E-state index contributed by atoms with van der Waals surface area (Å²) in [6.45, 7) is 1.44. The van der Waals surface area contributed by atoms with Crippen molar-refractivity contribution in [2.24, 2.45) is 5.16 Å². The van der Waals surface area contributed by atoms with Crippen molar-refractivity contribution >= 4 is 27.8 Å². The zero-order chi connectivity index (χ0) is 24.6. The van der Waals surface area contributed by atoms with Crippen molar-refractivity contribution in [1.82, 2.24) is 19.3 Å². The smallest absolute Gasteiger partial charge is 0.207 e. The highest BCUT2D eigenvalue weighted by atomic mass is 16.7. The Labute approximate surface area is 199 Å². The number of rotatable bonds is 7. The third-order valence-electron chi connectivity index (χ3n) is 6.12. The minimum atomic E-state index is -1.62. The van der Waals surface area contributed by atoms with E-state index in [0.717, 1.165) is 10.9 Å². The van der Waals surface area contributed by atoms with Crippen LogP contribution in [0.3, 0.4) is 0 Å². The lowest BCUT2D eigenvalue weighted by Crippen LogP contribution is -2.48. The first-order valence-electron chi connectivity index (χ1n) is 10.9. The standard InChI is InChI=1S/C23H26N6O6/c1-23(31)17(12-34-29-16-7-5-4-6-14(16)8-9-18(29)26-32-2)35-22(19(23)30)28-11-10-15-20(27-33-3)24-13-25-21(15)28/h4-11,13,17,19,22,30-31H,12H2,1-3H3,(H,24,25,27)/t17-,19+,22-,23-/m1/s1. The minimum Gasteiger partial charge on any atom is -0.409 e. The van der Waals surface area contributed by atoms with Gasteiger partial charge in [0.1, 0.15) is 43.5 Å². The molecule has 3 aromatic heterocycles. The molecule has 1 saturated heterocycles. The second-order valence-electron chi connectivity index (χ2n) is 8.29. The van der Waals surface area contributed by atoms with Crippen molar-refractivity contribution in [3.05, 3.63) is 60.5 Å². The topological polar surface area (TPSA) is 137 Å². The van der Waals surface area contributed by atoms with Crippen LogP contribution in [0, 0.1) is 0 Å². The molecule has 0 radical (unpaired) electrons. The Bertz CT molecular complexity index is 1420. The largest absolute Gasteiger partial charge is 0.409 e. The summed E-state index contributed by atoms with van der Waals surface area (Å²) in [5.74, 6) is 0.470. The highest BCUT2D eigenvalue weighted by Gasteiger charge is 2.53. The van der Waals surface area contributed by atoms with Gasteiger partial charge in [0.25, 0.3) is 0 Å². The number of para-hydroxylation sites is 1. The molecule has 1 aliphatic rings. The molecule has 1 aromatic carbocycles. The average Bonchev–Trinajstić information content (AvgIpc) is 3.38. The third-order valence-corrected chi connectivity index (χ3v) is 6.12. The van der Waals surface area contributed by atoms with Gasteiger partial charge < -0.3 is 29.2 Å². The molecule has 35 heavy (non-hydrogen) atoms. The number of fused-ring (bicyclic) bond motifs is 2. The van der Waals surface area contributed by atoms with Crippen molar-refractivity contribution in [2.45, 2.75) is 31.0 Å². The molecule has 12 nitrogen and oxygen atoms in total. The van der Waals surface area contributed by atoms with E-state index >= 15 is 0 Å². The number of ether oxygens (including phenoxy) is 1. The van der Waals surface area contributed by atoms with Crippen LogP contribution >= 0.6 is 0 Å². The second-order valence-corrected chi connectivity index (χ2v) is 8.29. The van der Waals surface area contributed by atoms with Gasteiger partial charge >= 0.3 is 0 Å². The number of anilines is 1. The van der Waals surface area contributed by atoms with Crippen LogP contribution in [0.25, 0.3) is 21.9 Å². The number of aliphatic hydroxyl groups excluding tert-OH is 1. The van der Waals surface area contributed by atoms with Crippen LogP contribution < -0.4 is 15.8 Å². The maximum atomic E-state index is 11.2. The van der Waals surface area contributed by atoms with E-state index in [9.17, 15) is 10.2 Å². The SMILES string of the molecule is CON=c1ccc2ccccc2n1OC[C@H]1O[C@@H](n2ccc3c(NOC)ncnc32)[C@H](O)[C@]1(C)O. The first-order chi connectivity index (χ1) is 17.0. The van der Waals surface area contributed by atoms with E-state index in [0.29, 0.717) is 22.3 Å². The van der Waals surface area contributed by atoms with Gasteiger partial charge in [0.05, 0.1) is 18.0 Å². The van der Waals surface area contributed by atoms with Crippen molar-refractivity contribution in [1.29, 1.82) is 0 Å². The normalized spacial score (nSPS) is 24.8. The van der Waals surface area contributed by atoms with Gasteiger partial charge in [-0.15, -0.1) is 0 Å². The van der Waals surface area contributed by atoms with Crippen molar-refractivity contribution in [2.75, 3.05) is 26.3 Å². The molecule has 5 rings (SSSR count). The van der Waals surface area contributed by atoms with Crippen LogP contribution in [0.5, 0.6) is 0 Å². The van der Waals surface area contributed by atoms with Crippen molar-refractivity contribution in [3.63, 3.8) is 0 Å². The van der Waals surface area contributed by atoms with Crippen LogP contribution in [0.2, 0.25) is 0 Å². The molecular weight excluding hydrogens is 456 g/mol. The van der Waals surface area contributed by atoms with E-state index in [1.807, 2.05) is 30.3 Å². The number of aliphatic hydroxyl groups is 2. The summed E-state index contributed by atoms with van der Waals surface area (Å²) in [4.78, 5) is 24.5. The molecule has 0 amide bonds. The van der Waals surface area contributed by atoms with Gasteiger partial charge in [-0.05, 0) is 31.2 Å². The van der Waals surface area contributed by atoms with Gasteiger partial charge in [-0.2, -0.15) is 4.73 Å². The molecule has 1 aliphatic heterocycles. The molecule has 12 heteroatoms. The second kappa shape index (κ2) is 9.15. The molecule has 0 unspecified atom stereocenters. The Balaban J connectivity index is 1.45. The Hall–Kier alpha value is -3.71. The summed E-state index contributed by atoms with van der Waals surface area (Å²) in [5.41, 5.74) is 2.77. The first kappa shape index (κ1) is 23.1. The molecule has 1 fully saturated rings. The van der Waals surface area contributed by atoms with Crippen LogP contribution in [-0.2, 0) is 14.4 Å². The lowest BCUT2D eigenvalue weighted by atomic mass is 9.95.